The number of unbranched alkanes of at least 4 members (excludes halogenated alkanes) is 2. The fourth-order valence-electron chi connectivity index (χ4n) is 3.44. The van der Waals surface area contributed by atoms with Crippen LogP contribution in [0.2, 0.25) is 0 Å². The molecule has 0 aliphatic heterocycles. The lowest BCUT2D eigenvalue weighted by molar-refractivity contribution is -0.00804. The third-order valence-electron chi connectivity index (χ3n) is 5.28. The molecule has 1 unspecified atom stereocenters. The van der Waals surface area contributed by atoms with Crippen molar-refractivity contribution in [3.63, 3.8) is 0 Å². The second-order valence-corrected chi connectivity index (χ2v) is 8.55. The van der Waals surface area contributed by atoms with Crippen molar-refractivity contribution in [1.29, 1.82) is 0 Å². The zero-order chi connectivity index (χ0) is 21.5. The SMILES string of the molecule is COC(C)(CCCCCC(C)(C)O)c1cccc(/C=C/c2cc(O)cc(O)c2)c1. The molecule has 0 saturated heterocycles. The summed E-state index contributed by atoms with van der Waals surface area (Å²) in [6.07, 6.45) is 8.62. The lowest BCUT2D eigenvalue weighted by atomic mass is 9.88. The maximum atomic E-state index is 9.84. The van der Waals surface area contributed by atoms with Crippen molar-refractivity contribution < 1.29 is 20.1 Å². The maximum Gasteiger partial charge on any atom is 0.119 e. The molecule has 0 heterocycles. The molecule has 158 valence electrons. The largest absolute Gasteiger partial charge is 0.508 e. The van der Waals surface area contributed by atoms with Crippen LogP contribution in [0.25, 0.3) is 12.2 Å². The Bertz CT molecular complexity index is 800. The Morgan fingerprint density at radius 3 is 2.07 bits per heavy atom. The van der Waals surface area contributed by atoms with Crippen LogP contribution in [0.1, 0.15) is 69.6 Å². The number of hydrogen-bond acceptors (Lipinski definition) is 4. The quantitative estimate of drug-likeness (QED) is 0.347. The van der Waals surface area contributed by atoms with E-state index >= 15 is 0 Å². The number of ether oxygens (including phenoxy) is 1. The van der Waals surface area contributed by atoms with E-state index in [4.69, 9.17) is 4.74 Å². The molecule has 2 aromatic rings. The molecule has 0 aromatic heterocycles. The van der Waals surface area contributed by atoms with Crippen molar-refractivity contribution in [3.05, 3.63) is 59.2 Å². The van der Waals surface area contributed by atoms with Crippen LogP contribution in [-0.4, -0.2) is 28.0 Å². The Labute approximate surface area is 174 Å². The van der Waals surface area contributed by atoms with Crippen LogP contribution in [0.5, 0.6) is 11.5 Å². The molecule has 0 aliphatic rings. The number of methoxy groups -OCH3 is 1. The Morgan fingerprint density at radius 1 is 0.828 bits per heavy atom. The summed E-state index contributed by atoms with van der Waals surface area (Å²) in [6, 6.07) is 12.7. The van der Waals surface area contributed by atoms with Gasteiger partial charge in [-0.1, -0.05) is 49.6 Å². The average Bonchev–Trinajstić information content (AvgIpc) is 2.64. The summed E-state index contributed by atoms with van der Waals surface area (Å²) in [5.41, 5.74) is 1.90. The van der Waals surface area contributed by atoms with Crippen LogP contribution in [0, 0.1) is 0 Å². The molecule has 29 heavy (non-hydrogen) atoms. The van der Waals surface area contributed by atoms with E-state index < -0.39 is 5.60 Å². The third kappa shape index (κ3) is 7.56. The number of rotatable bonds is 10. The standard InChI is InChI=1S/C25H34O4/c1-24(2,28)13-6-5-7-14-25(3,29-4)21-10-8-9-19(15-21)11-12-20-16-22(26)18-23(27)17-20/h8-12,15-18,26-28H,5-7,13-14H2,1-4H3/b12-11+. The number of aromatic hydroxyl groups is 2. The van der Waals surface area contributed by atoms with Gasteiger partial charge in [-0.15, -0.1) is 0 Å². The van der Waals surface area contributed by atoms with Crippen molar-refractivity contribution in [2.75, 3.05) is 7.11 Å². The minimum absolute atomic E-state index is 0.0370. The highest BCUT2D eigenvalue weighted by atomic mass is 16.5. The van der Waals surface area contributed by atoms with Crippen LogP contribution in [0.15, 0.2) is 42.5 Å². The van der Waals surface area contributed by atoms with Crippen LogP contribution in [0.3, 0.4) is 0 Å². The molecule has 0 aliphatic carbocycles. The predicted octanol–water partition coefficient (Wildman–Crippen LogP) is 5.85. The summed E-state index contributed by atoms with van der Waals surface area (Å²) in [7, 11) is 1.74. The van der Waals surface area contributed by atoms with E-state index in [2.05, 4.69) is 19.1 Å². The van der Waals surface area contributed by atoms with Gasteiger partial charge in [0.1, 0.15) is 11.5 Å². The molecule has 0 radical (unpaired) electrons. The fourth-order valence-corrected chi connectivity index (χ4v) is 3.44. The van der Waals surface area contributed by atoms with Gasteiger partial charge in [0.15, 0.2) is 0 Å². The summed E-state index contributed by atoms with van der Waals surface area (Å²) in [5, 5.41) is 29.1. The molecule has 0 fully saturated rings. The molecular weight excluding hydrogens is 364 g/mol. The first kappa shape index (κ1) is 23.0. The zero-order valence-corrected chi connectivity index (χ0v) is 18.0. The van der Waals surface area contributed by atoms with Crippen LogP contribution in [-0.2, 0) is 10.3 Å². The summed E-state index contributed by atoms with van der Waals surface area (Å²) < 4.78 is 5.88. The minimum Gasteiger partial charge on any atom is -0.508 e. The molecule has 3 N–H and O–H groups in total. The Balaban J connectivity index is 2.05. The van der Waals surface area contributed by atoms with Crippen LogP contribution < -0.4 is 0 Å². The topological polar surface area (TPSA) is 69.9 Å². The summed E-state index contributed by atoms with van der Waals surface area (Å²) >= 11 is 0. The summed E-state index contributed by atoms with van der Waals surface area (Å²) in [4.78, 5) is 0. The van der Waals surface area contributed by atoms with Crippen LogP contribution in [0.4, 0.5) is 0 Å². The Morgan fingerprint density at radius 2 is 1.45 bits per heavy atom. The van der Waals surface area contributed by atoms with Gasteiger partial charge in [0.05, 0.1) is 11.2 Å². The van der Waals surface area contributed by atoms with Crippen molar-refractivity contribution in [3.8, 4) is 11.5 Å². The number of phenolic OH excluding ortho intramolecular Hbond substituents is 2. The highest BCUT2D eigenvalue weighted by Crippen LogP contribution is 2.32. The highest BCUT2D eigenvalue weighted by molar-refractivity contribution is 5.71. The van der Waals surface area contributed by atoms with Crippen molar-refractivity contribution in [2.24, 2.45) is 0 Å². The Hall–Kier alpha value is -2.30. The smallest absolute Gasteiger partial charge is 0.119 e. The molecule has 1 atom stereocenters. The second-order valence-electron chi connectivity index (χ2n) is 8.55. The van der Waals surface area contributed by atoms with E-state index in [0.29, 0.717) is 0 Å². The predicted molar refractivity (Wildman–Crippen MR) is 119 cm³/mol. The van der Waals surface area contributed by atoms with Gasteiger partial charge in [-0.05, 0) is 68.5 Å². The van der Waals surface area contributed by atoms with Gasteiger partial charge >= 0.3 is 0 Å². The first-order valence-corrected chi connectivity index (χ1v) is 10.2. The molecule has 4 heteroatoms. The molecule has 0 spiro atoms. The van der Waals surface area contributed by atoms with Gasteiger partial charge in [0, 0.05) is 13.2 Å². The lowest BCUT2D eigenvalue weighted by Gasteiger charge is -2.29. The zero-order valence-electron chi connectivity index (χ0n) is 18.0. The summed E-state index contributed by atoms with van der Waals surface area (Å²) in [5.74, 6) is 0.0740. The van der Waals surface area contributed by atoms with Crippen molar-refractivity contribution in [2.45, 2.75) is 64.1 Å². The molecule has 4 nitrogen and oxygen atoms in total. The summed E-state index contributed by atoms with van der Waals surface area (Å²) in [6.45, 7) is 5.81. The van der Waals surface area contributed by atoms with Gasteiger partial charge in [-0.2, -0.15) is 0 Å². The average molecular weight is 399 g/mol. The number of phenols is 2. The first-order chi connectivity index (χ1) is 13.6. The van der Waals surface area contributed by atoms with E-state index in [1.54, 1.807) is 19.2 Å². The molecule has 2 aromatic carbocycles. The van der Waals surface area contributed by atoms with Gasteiger partial charge in [0.25, 0.3) is 0 Å². The highest BCUT2D eigenvalue weighted by Gasteiger charge is 2.25. The molecule has 0 amide bonds. The number of hydrogen-bond donors (Lipinski definition) is 3. The van der Waals surface area contributed by atoms with E-state index in [9.17, 15) is 15.3 Å². The molecule has 0 saturated carbocycles. The molecule has 0 bridgehead atoms. The maximum absolute atomic E-state index is 9.84. The Kier molecular flexibility index (Phi) is 7.88. The van der Waals surface area contributed by atoms with E-state index in [0.717, 1.165) is 48.8 Å². The third-order valence-corrected chi connectivity index (χ3v) is 5.28. The monoisotopic (exact) mass is 398 g/mol. The van der Waals surface area contributed by atoms with Crippen LogP contribution >= 0.6 is 0 Å². The van der Waals surface area contributed by atoms with Gasteiger partial charge in [0.2, 0.25) is 0 Å². The normalized spacial score (nSPS) is 14.2. The van der Waals surface area contributed by atoms with Gasteiger partial charge < -0.3 is 20.1 Å². The van der Waals surface area contributed by atoms with Gasteiger partial charge in [-0.3, -0.25) is 0 Å². The van der Waals surface area contributed by atoms with Crippen molar-refractivity contribution >= 4 is 12.2 Å². The molecule has 2 rings (SSSR count). The van der Waals surface area contributed by atoms with E-state index in [1.165, 1.54) is 6.07 Å². The molecular formula is C25H34O4. The lowest BCUT2D eigenvalue weighted by Crippen LogP contribution is -2.24. The van der Waals surface area contributed by atoms with E-state index in [1.807, 2.05) is 38.1 Å². The minimum atomic E-state index is -0.600. The number of aliphatic hydroxyl groups is 1. The first-order valence-electron chi connectivity index (χ1n) is 10.2. The fraction of sp³-hybridized carbons (Fsp3) is 0.440. The van der Waals surface area contributed by atoms with Gasteiger partial charge in [-0.25, -0.2) is 0 Å². The number of benzene rings is 2. The second kappa shape index (κ2) is 9.95. The van der Waals surface area contributed by atoms with E-state index in [-0.39, 0.29) is 17.1 Å². The van der Waals surface area contributed by atoms with Crippen molar-refractivity contribution in [1.82, 2.24) is 0 Å².